The Kier molecular flexibility index (Phi) is 5.41. The van der Waals surface area contributed by atoms with E-state index in [1.165, 1.54) is 11.3 Å². The van der Waals surface area contributed by atoms with Crippen molar-refractivity contribution < 1.29 is 14.3 Å². The van der Waals surface area contributed by atoms with Gasteiger partial charge in [-0.3, -0.25) is 9.69 Å². The molecule has 6 nitrogen and oxygen atoms in total. The third-order valence-corrected chi connectivity index (χ3v) is 5.16. The summed E-state index contributed by atoms with van der Waals surface area (Å²) in [5.74, 6) is -0.0290. The number of amides is 1. The number of hydrogen-bond acceptors (Lipinski definition) is 6. The lowest BCUT2D eigenvalue weighted by Crippen LogP contribution is -2.35. The van der Waals surface area contributed by atoms with Gasteiger partial charge >= 0.3 is 0 Å². The number of nitrogens with zero attached hydrogens (tertiary/aromatic N) is 2. The smallest absolute Gasteiger partial charge is 0.263 e. The Morgan fingerprint density at radius 2 is 2.23 bits per heavy atom. The van der Waals surface area contributed by atoms with Crippen molar-refractivity contribution in [2.45, 2.75) is 32.4 Å². The van der Waals surface area contributed by atoms with E-state index >= 15 is 0 Å². The largest absolute Gasteiger partial charge is 0.379 e. The third-order valence-electron chi connectivity index (χ3n) is 4.02. The highest BCUT2D eigenvalue weighted by atomic mass is 32.1. The Bertz CT molecular complexity index is 508. The number of ether oxygens (including phenoxy) is 2. The number of morpholine rings is 1. The van der Waals surface area contributed by atoms with Crippen molar-refractivity contribution in [3.8, 4) is 0 Å². The highest BCUT2D eigenvalue weighted by molar-refractivity contribution is 7.13. The number of carbonyl (C=O) groups is 1. The molecular formula is C15H23N3O3S. The zero-order valence-electron chi connectivity index (χ0n) is 13.0. The molecule has 2 saturated heterocycles. The molecule has 0 aliphatic carbocycles. The molecule has 0 radical (unpaired) electrons. The number of thiazole rings is 1. The quantitative estimate of drug-likeness (QED) is 0.881. The maximum absolute atomic E-state index is 12.3. The molecule has 1 unspecified atom stereocenters. The van der Waals surface area contributed by atoms with Crippen LogP contribution in [0.2, 0.25) is 0 Å². The molecule has 1 N–H and O–H groups in total. The lowest BCUT2D eigenvalue weighted by Gasteiger charge is -2.25. The van der Waals surface area contributed by atoms with Gasteiger partial charge in [0, 0.05) is 26.2 Å². The second-order valence-corrected chi connectivity index (χ2v) is 6.84. The normalized spacial score (nSPS) is 22.9. The van der Waals surface area contributed by atoms with Gasteiger partial charge in [-0.1, -0.05) is 0 Å². The predicted molar refractivity (Wildman–Crippen MR) is 84.3 cm³/mol. The second kappa shape index (κ2) is 7.50. The number of hydrogen-bond donors (Lipinski definition) is 1. The number of nitrogens with one attached hydrogen (secondary N) is 1. The van der Waals surface area contributed by atoms with Crippen LogP contribution in [0.1, 0.15) is 33.2 Å². The van der Waals surface area contributed by atoms with E-state index in [0.717, 1.165) is 67.9 Å². The zero-order chi connectivity index (χ0) is 15.4. The first-order valence-electron chi connectivity index (χ1n) is 7.88. The van der Waals surface area contributed by atoms with Gasteiger partial charge in [0.15, 0.2) is 0 Å². The molecular weight excluding hydrogens is 302 g/mol. The highest BCUT2D eigenvalue weighted by Crippen LogP contribution is 2.20. The van der Waals surface area contributed by atoms with Crippen LogP contribution in [0.15, 0.2) is 0 Å². The van der Waals surface area contributed by atoms with Gasteiger partial charge in [0.25, 0.3) is 5.91 Å². The van der Waals surface area contributed by atoms with Crippen molar-refractivity contribution >= 4 is 17.2 Å². The monoisotopic (exact) mass is 325 g/mol. The molecule has 0 bridgehead atoms. The summed E-state index contributed by atoms with van der Waals surface area (Å²) in [7, 11) is 0. The van der Waals surface area contributed by atoms with E-state index in [4.69, 9.17) is 9.47 Å². The summed E-state index contributed by atoms with van der Waals surface area (Å²) < 4.78 is 10.9. The average molecular weight is 325 g/mol. The van der Waals surface area contributed by atoms with Crippen LogP contribution >= 0.6 is 11.3 Å². The summed E-state index contributed by atoms with van der Waals surface area (Å²) in [6.07, 6.45) is 2.29. The van der Waals surface area contributed by atoms with Crippen LogP contribution in [0.5, 0.6) is 0 Å². The Morgan fingerprint density at radius 3 is 2.95 bits per heavy atom. The van der Waals surface area contributed by atoms with Gasteiger partial charge in [0.1, 0.15) is 9.88 Å². The topological polar surface area (TPSA) is 63.7 Å². The molecule has 0 aromatic carbocycles. The fourth-order valence-electron chi connectivity index (χ4n) is 2.77. The molecule has 1 amide bonds. The molecule has 2 fully saturated rings. The maximum atomic E-state index is 12.3. The Labute approximate surface area is 134 Å². The summed E-state index contributed by atoms with van der Waals surface area (Å²) in [6, 6.07) is 0. The standard InChI is InChI=1S/C15H23N3O3S/c1-11-14(15(19)16-9-12-3-2-6-21-12)22-13(17-11)10-18-4-7-20-8-5-18/h12H,2-10H2,1H3,(H,16,19). The first-order chi connectivity index (χ1) is 10.7. The molecule has 7 heteroatoms. The van der Waals surface area contributed by atoms with Crippen LogP contribution in [-0.2, 0) is 16.0 Å². The summed E-state index contributed by atoms with van der Waals surface area (Å²) in [6.45, 7) is 7.52. The van der Waals surface area contributed by atoms with Crippen LogP contribution < -0.4 is 5.32 Å². The molecule has 2 aliphatic heterocycles. The van der Waals surface area contributed by atoms with E-state index in [9.17, 15) is 4.79 Å². The summed E-state index contributed by atoms with van der Waals surface area (Å²) >= 11 is 1.50. The molecule has 22 heavy (non-hydrogen) atoms. The predicted octanol–water partition coefficient (Wildman–Crippen LogP) is 1.19. The Hall–Kier alpha value is -1.02. The number of rotatable bonds is 5. The van der Waals surface area contributed by atoms with Gasteiger partial charge in [-0.05, 0) is 19.8 Å². The van der Waals surface area contributed by atoms with Gasteiger partial charge in [-0.15, -0.1) is 11.3 Å². The number of aromatic nitrogens is 1. The van der Waals surface area contributed by atoms with Crippen LogP contribution in [0.25, 0.3) is 0 Å². The Balaban J connectivity index is 1.54. The fourth-order valence-corrected chi connectivity index (χ4v) is 3.80. The molecule has 122 valence electrons. The lowest BCUT2D eigenvalue weighted by atomic mass is 10.2. The Morgan fingerprint density at radius 1 is 1.41 bits per heavy atom. The average Bonchev–Trinajstić information content (AvgIpc) is 3.16. The van der Waals surface area contributed by atoms with Crippen LogP contribution in [0.4, 0.5) is 0 Å². The van der Waals surface area contributed by atoms with E-state index in [2.05, 4.69) is 15.2 Å². The lowest BCUT2D eigenvalue weighted by molar-refractivity contribution is 0.0341. The van der Waals surface area contributed by atoms with Crippen LogP contribution in [0.3, 0.4) is 0 Å². The van der Waals surface area contributed by atoms with Crippen molar-refractivity contribution in [1.29, 1.82) is 0 Å². The summed E-state index contributed by atoms with van der Waals surface area (Å²) in [5.41, 5.74) is 0.818. The minimum atomic E-state index is -0.0290. The van der Waals surface area contributed by atoms with Gasteiger partial charge in [-0.25, -0.2) is 4.98 Å². The molecule has 1 aromatic heterocycles. The van der Waals surface area contributed by atoms with E-state index in [0.29, 0.717) is 6.54 Å². The minimum absolute atomic E-state index is 0.0290. The zero-order valence-corrected chi connectivity index (χ0v) is 13.8. The van der Waals surface area contributed by atoms with Crippen LogP contribution in [0, 0.1) is 6.92 Å². The van der Waals surface area contributed by atoms with E-state index in [-0.39, 0.29) is 12.0 Å². The van der Waals surface area contributed by atoms with Crippen molar-refractivity contribution in [3.63, 3.8) is 0 Å². The SMILES string of the molecule is Cc1nc(CN2CCOCC2)sc1C(=O)NCC1CCCO1. The molecule has 1 aromatic rings. The number of carbonyl (C=O) groups excluding carboxylic acids is 1. The second-order valence-electron chi connectivity index (χ2n) is 5.76. The van der Waals surface area contributed by atoms with E-state index < -0.39 is 0 Å². The van der Waals surface area contributed by atoms with Crippen LogP contribution in [-0.4, -0.2) is 61.3 Å². The maximum Gasteiger partial charge on any atom is 0.263 e. The van der Waals surface area contributed by atoms with Crippen molar-refractivity contribution in [1.82, 2.24) is 15.2 Å². The molecule has 3 heterocycles. The van der Waals surface area contributed by atoms with E-state index in [1.807, 2.05) is 6.92 Å². The summed E-state index contributed by atoms with van der Waals surface area (Å²) in [4.78, 5) is 19.9. The van der Waals surface area contributed by atoms with Crippen molar-refractivity contribution in [3.05, 3.63) is 15.6 Å². The molecule has 0 spiro atoms. The highest BCUT2D eigenvalue weighted by Gasteiger charge is 2.20. The van der Waals surface area contributed by atoms with Gasteiger partial charge in [-0.2, -0.15) is 0 Å². The summed E-state index contributed by atoms with van der Waals surface area (Å²) in [5, 5.41) is 3.97. The van der Waals surface area contributed by atoms with Gasteiger partial charge in [0.2, 0.25) is 0 Å². The molecule has 2 aliphatic rings. The fraction of sp³-hybridized carbons (Fsp3) is 0.733. The molecule has 0 saturated carbocycles. The van der Waals surface area contributed by atoms with Gasteiger partial charge in [0.05, 0.1) is 31.6 Å². The first kappa shape index (κ1) is 15.9. The third kappa shape index (κ3) is 4.04. The first-order valence-corrected chi connectivity index (χ1v) is 8.70. The van der Waals surface area contributed by atoms with E-state index in [1.54, 1.807) is 0 Å². The van der Waals surface area contributed by atoms with Gasteiger partial charge < -0.3 is 14.8 Å². The molecule has 3 rings (SSSR count). The number of aryl methyl sites for hydroxylation is 1. The van der Waals surface area contributed by atoms with Crippen molar-refractivity contribution in [2.75, 3.05) is 39.5 Å². The molecule has 1 atom stereocenters. The van der Waals surface area contributed by atoms with Crippen molar-refractivity contribution in [2.24, 2.45) is 0 Å². The minimum Gasteiger partial charge on any atom is -0.379 e.